The van der Waals surface area contributed by atoms with Crippen molar-refractivity contribution >= 4 is 43.6 Å². The minimum absolute atomic E-state index is 0.597. The molecule has 0 aliphatic heterocycles. The normalized spacial score (nSPS) is 11.3. The van der Waals surface area contributed by atoms with Gasteiger partial charge in [-0.2, -0.15) is 10.5 Å². The number of benzene rings is 6. The van der Waals surface area contributed by atoms with Crippen molar-refractivity contribution in [2.45, 2.75) is 0 Å². The number of nitrogens with zero attached hydrogens (tertiary/aromatic N) is 4. The first kappa shape index (κ1) is 23.8. The van der Waals surface area contributed by atoms with Crippen LogP contribution < -0.4 is 0 Å². The van der Waals surface area contributed by atoms with Gasteiger partial charge in [-0.05, 0) is 83.9 Å². The lowest BCUT2D eigenvalue weighted by molar-refractivity contribution is 1.17. The third-order valence-corrected chi connectivity index (χ3v) is 8.15. The van der Waals surface area contributed by atoms with E-state index in [4.69, 9.17) is 0 Å². The average Bonchev–Trinajstić information content (AvgIpc) is 3.57. The van der Waals surface area contributed by atoms with Crippen LogP contribution in [-0.4, -0.2) is 9.13 Å². The van der Waals surface area contributed by atoms with Gasteiger partial charge in [-0.3, -0.25) is 0 Å². The summed E-state index contributed by atoms with van der Waals surface area (Å²) in [6.45, 7) is 0. The molecule has 0 radical (unpaired) electrons. The molecule has 0 spiro atoms. The van der Waals surface area contributed by atoms with Gasteiger partial charge in [0.2, 0.25) is 0 Å². The molecular weight excluding hydrogens is 512 g/mol. The molecule has 0 bridgehead atoms. The minimum atomic E-state index is 0.597. The van der Waals surface area contributed by atoms with Crippen LogP contribution in [0.1, 0.15) is 11.1 Å². The molecule has 0 aliphatic rings. The Morgan fingerprint density at radius 3 is 1.26 bits per heavy atom. The number of aromatic nitrogens is 2. The molecule has 8 aromatic rings. The van der Waals surface area contributed by atoms with Gasteiger partial charge in [0.1, 0.15) is 0 Å². The Kier molecular flexibility index (Phi) is 5.22. The van der Waals surface area contributed by atoms with Crippen LogP contribution in [0.2, 0.25) is 0 Å². The van der Waals surface area contributed by atoms with Crippen molar-refractivity contribution in [2.24, 2.45) is 0 Å². The zero-order valence-corrected chi connectivity index (χ0v) is 22.5. The zero-order chi connectivity index (χ0) is 28.2. The first-order valence-corrected chi connectivity index (χ1v) is 13.8. The SMILES string of the molecule is N#Cc1ccc2c(c1)c1cc(C#N)ccc1n2-c1cccc(-c2cccc(-n3c4ccccc4c4ccccc43)c2)c1. The maximum Gasteiger partial charge on any atom is 0.0991 e. The molecular formula is C38H22N4. The van der Waals surface area contributed by atoms with Crippen LogP contribution in [0.25, 0.3) is 66.1 Å². The number of nitriles is 2. The van der Waals surface area contributed by atoms with Gasteiger partial charge in [0.25, 0.3) is 0 Å². The fourth-order valence-corrected chi connectivity index (χ4v) is 6.29. The molecule has 0 amide bonds. The average molecular weight is 535 g/mol. The molecule has 0 atom stereocenters. The molecule has 4 heteroatoms. The highest BCUT2D eigenvalue weighted by atomic mass is 15.0. The van der Waals surface area contributed by atoms with E-state index in [0.717, 1.165) is 44.3 Å². The van der Waals surface area contributed by atoms with Gasteiger partial charge >= 0.3 is 0 Å². The molecule has 2 aromatic heterocycles. The van der Waals surface area contributed by atoms with Gasteiger partial charge in [0.15, 0.2) is 0 Å². The predicted molar refractivity (Wildman–Crippen MR) is 170 cm³/mol. The molecule has 8 rings (SSSR count). The molecule has 42 heavy (non-hydrogen) atoms. The van der Waals surface area contributed by atoms with Gasteiger partial charge < -0.3 is 9.13 Å². The summed E-state index contributed by atoms with van der Waals surface area (Å²) in [5.41, 5.74) is 9.91. The van der Waals surface area contributed by atoms with E-state index in [9.17, 15) is 10.5 Å². The molecule has 0 saturated heterocycles. The molecule has 194 valence electrons. The topological polar surface area (TPSA) is 57.4 Å². The van der Waals surface area contributed by atoms with Gasteiger partial charge in [0, 0.05) is 32.9 Å². The quantitative estimate of drug-likeness (QED) is 0.227. The summed E-state index contributed by atoms with van der Waals surface area (Å²) in [5.74, 6) is 0. The Hall–Kier alpha value is -6.10. The molecule has 4 nitrogen and oxygen atoms in total. The molecule has 2 heterocycles. The highest BCUT2D eigenvalue weighted by molar-refractivity contribution is 6.10. The maximum atomic E-state index is 9.55. The number of para-hydroxylation sites is 2. The van der Waals surface area contributed by atoms with Crippen LogP contribution in [0.5, 0.6) is 0 Å². The second-order valence-electron chi connectivity index (χ2n) is 10.5. The number of hydrogen-bond donors (Lipinski definition) is 0. The fourth-order valence-electron chi connectivity index (χ4n) is 6.29. The summed E-state index contributed by atoms with van der Waals surface area (Å²) in [7, 11) is 0. The lowest BCUT2D eigenvalue weighted by Gasteiger charge is -2.12. The van der Waals surface area contributed by atoms with Crippen LogP contribution in [0, 0.1) is 22.7 Å². The highest BCUT2D eigenvalue weighted by Crippen LogP contribution is 2.36. The van der Waals surface area contributed by atoms with Gasteiger partial charge in [0.05, 0.1) is 45.3 Å². The summed E-state index contributed by atoms with van der Waals surface area (Å²) in [5, 5.41) is 23.5. The third kappa shape index (κ3) is 3.53. The molecule has 0 N–H and O–H groups in total. The van der Waals surface area contributed by atoms with Crippen molar-refractivity contribution in [1.82, 2.24) is 9.13 Å². The Labute approximate surface area is 242 Å². The minimum Gasteiger partial charge on any atom is -0.309 e. The van der Waals surface area contributed by atoms with Crippen LogP contribution in [0.15, 0.2) is 133 Å². The second kappa shape index (κ2) is 9.24. The maximum absolute atomic E-state index is 9.55. The lowest BCUT2D eigenvalue weighted by atomic mass is 10.0. The third-order valence-electron chi connectivity index (χ3n) is 8.15. The van der Waals surface area contributed by atoms with E-state index in [-0.39, 0.29) is 0 Å². The largest absolute Gasteiger partial charge is 0.309 e. The fraction of sp³-hybridized carbons (Fsp3) is 0. The second-order valence-corrected chi connectivity index (χ2v) is 10.5. The first-order valence-electron chi connectivity index (χ1n) is 13.8. The van der Waals surface area contributed by atoms with Gasteiger partial charge in [-0.25, -0.2) is 0 Å². The molecule has 0 unspecified atom stereocenters. The Morgan fingerprint density at radius 2 is 0.810 bits per heavy atom. The molecule has 6 aromatic carbocycles. The van der Waals surface area contributed by atoms with Crippen molar-refractivity contribution in [1.29, 1.82) is 10.5 Å². The standard InChI is InChI=1S/C38H22N4/c39-23-25-15-17-37-33(19-25)34-20-26(24-40)16-18-38(34)42(37)30-10-6-8-28(22-30)27-7-5-9-29(21-27)41-35-13-3-1-11-31(35)32-12-2-4-14-36(32)41/h1-22H. The first-order chi connectivity index (χ1) is 20.7. The number of fused-ring (bicyclic) bond motifs is 6. The summed E-state index contributed by atoms with van der Waals surface area (Å²) < 4.78 is 4.55. The Morgan fingerprint density at radius 1 is 0.381 bits per heavy atom. The summed E-state index contributed by atoms with van der Waals surface area (Å²) >= 11 is 0. The van der Waals surface area contributed by atoms with Crippen molar-refractivity contribution in [3.05, 3.63) is 145 Å². The molecule has 0 fully saturated rings. The van der Waals surface area contributed by atoms with E-state index in [1.54, 1.807) is 0 Å². The Bertz CT molecular complexity index is 2320. The number of hydrogen-bond acceptors (Lipinski definition) is 2. The summed E-state index contributed by atoms with van der Waals surface area (Å²) in [6.07, 6.45) is 0. The van der Waals surface area contributed by atoms with Crippen LogP contribution in [0.4, 0.5) is 0 Å². The smallest absolute Gasteiger partial charge is 0.0991 e. The van der Waals surface area contributed by atoms with Crippen LogP contribution >= 0.6 is 0 Å². The summed E-state index contributed by atoms with van der Waals surface area (Å²) in [4.78, 5) is 0. The van der Waals surface area contributed by atoms with Crippen molar-refractivity contribution in [3.8, 4) is 34.6 Å². The monoisotopic (exact) mass is 534 g/mol. The Balaban J connectivity index is 1.31. The van der Waals surface area contributed by atoms with Gasteiger partial charge in [-0.1, -0.05) is 60.7 Å². The number of rotatable bonds is 3. The van der Waals surface area contributed by atoms with Crippen molar-refractivity contribution in [2.75, 3.05) is 0 Å². The van der Waals surface area contributed by atoms with Crippen molar-refractivity contribution in [3.63, 3.8) is 0 Å². The summed E-state index contributed by atoms with van der Waals surface area (Å²) in [6, 6.07) is 50.4. The van der Waals surface area contributed by atoms with Crippen LogP contribution in [0.3, 0.4) is 0 Å². The van der Waals surface area contributed by atoms with Crippen LogP contribution in [-0.2, 0) is 0 Å². The van der Waals surface area contributed by atoms with E-state index in [1.807, 2.05) is 36.4 Å². The lowest BCUT2D eigenvalue weighted by Crippen LogP contribution is -1.96. The van der Waals surface area contributed by atoms with E-state index in [1.165, 1.54) is 21.8 Å². The van der Waals surface area contributed by atoms with E-state index in [0.29, 0.717) is 11.1 Å². The predicted octanol–water partition coefficient (Wildman–Crippen LogP) is 9.29. The molecule has 0 aliphatic carbocycles. The zero-order valence-electron chi connectivity index (χ0n) is 22.5. The van der Waals surface area contributed by atoms with Gasteiger partial charge in [-0.15, -0.1) is 0 Å². The highest BCUT2D eigenvalue weighted by Gasteiger charge is 2.15. The van der Waals surface area contributed by atoms with Crippen molar-refractivity contribution < 1.29 is 0 Å². The van der Waals surface area contributed by atoms with E-state index < -0.39 is 0 Å². The van der Waals surface area contributed by atoms with E-state index >= 15 is 0 Å². The van der Waals surface area contributed by atoms with E-state index in [2.05, 4.69) is 118 Å². The molecule has 0 saturated carbocycles.